The van der Waals surface area contributed by atoms with Crippen LogP contribution in [0.5, 0.6) is 0 Å². The first-order valence-electron chi connectivity index (χ1n) is 5.16. The molecule has 1 unspecified atom stereocenters. The summed E-state index contributed by atoms with van der Waals surface area (Å²) in [6.45, 7) is 2.63. The lowest BCUT2D eigenvalue weighted by Gasteiger charge is -2.10. The lowest BCUT2D eigenvalue weighted by molar-refractivity contribution is 0.0946. The van der Waals surface area contributed by atoms with Gasteiger partial charge in [-0.05, 0) is 12.3 Å². The van der Waals surface area contributed by atoms with Crippen molar-refractivity contribution >= 4 is 21.8 Å². The molecule has 0 bridgehead atoms. The largest absolute Gasteiger partial charge is 0.367 e. The Morgan fingerprint density at radius 2 is 2.38 bits per heavy atom. The number of rotatable bonds is 5. The van der Waals surface area contributed by atoms with E-state index in [0.717, 1.165) is 11.8 Å². The van der Waals surface area contributed by atoms with Crippen LogP contribution in [0.25, 0.3) is 0 Å². The van der Waals surface area contributed by atoms with E-state index in [2.05, 4.69) is 33.2 Å². The molecule has 1 amide bonds. The van der Waals surface area contributed by atoms with Crippen molar-refractivity contribution in [2.45, 2.75) is 13.3 Å². The van der Waals surface area contributed by atoms with E-state index in [4.69, 9.17) is 0 Å². The number of aromatic amines is 1. The van der Waals surface area contributed by atoms with Gasteiger partial charge in [0.15, 0.2) is 5.43 Å². The number of carbonyl (C=O) groups is 1. The number of alkyl halides is 1. The molecule has 0 fully saturated rings. The van der Waals surface area contributed by atoms with Crippen molar-refractivity contribution in [3.8, 4) is 0 Å². The normalized spacial score (nSPS) is 12.1. The summed E-state index contributed by atoms with van der Waals surface area (Å²) in [6, 6.07) is 1.34. The van der Waals surface area contributed by atoms with E-state index < -0.39 is 0 Å². The number of carbonyl (C=O) groups excluding carboxylic acids is 1. The van der Waals surface area contributed by atoms with E-state index in [-0.39, 0.29) is 16.9 Å². The maximum Gasteiger partial charge on any atom is 0.256 e. The predicted octanol–water partition coefficient (Wildman–Crippen LogP) is 1.53. The van der Waals surface area contributed by atoms with E-state index in [1.165, 1.54) is 18.5 Å². The van der Waals surface area contributed by atoms with Crippen molar-refractivity contribution in [2.75, 3.05) is 11.9 Å². The molecule has 1 heterocycles. The van der Waals surface area contributed by atoms with Crippen molar-refractivity contribution in [3.63, 3.8) is 0 Å². The van der Waals surface area contributed by atoms with Crippen LogP contribution in [-0.4, -0.2) is 22.8 Å². The van der Waals surface area contributed by atoms with Crippen molar-refractivity contribution in [1.82, 2.24) is 10.3 Å². The molecule has 88 valence electrons. The average molecular weight is 287 g/mol. The van der Waals surface area contributed by atoms with Crippen molar-refractivity contribution in [1.29, 1.82) is 0 Å². The summed E-state index contributed by atoms with van der Waals surface area (Å²) in [5.41, 5.74) is -0.0991. The second-order valence-electron chi connectivity index (χ2n) is 3.72. The molecule has 1 rings (SSSR count). The zero-order valence-corrected chi connectivity index (χ0v) is 10.7. The fraction of sp³-hybridized carbons (Fsp3) is 0.455. The van der Waals surface area contributed by atoms with Crippen molar-refractivity contribution < 1.29 is 4.79 Å². The highest BCUT2D eigenvalue weighted by Crippen LogP contribution is 2.02. The lowest BCUT2D eigenvalue weighted by Crippen LogP contribution is -2.31. The Bertz CT molecular complexity index is 403. The second kappa shape index (κ2) is 6.48. The standard InChI is InChI=1S/C11H15BrN2O2/c1-8(2-4-12)6-14-11(16)9-7-13-5-3-10(9)15/h3,5,7-8H,2,4,6H2,1H3,(H,13,15)(H,14,16). The molecule has 2 N–H and O–H groups in total. The number of hydrogen-bond acceptors (Lipinski definition) is 2. The summed E-state index contributed by atoms with van der Waals surface area (Å²) < 4.78 is 0. The van der Waals surface area contributed by atoms with E-state index >= 15 is 0 Å². The SMILES string of the molecule is CC(CCBr)CNC(=O)c1c[nH]ccc1=O. The van der Waals surface area contributed by atoms with E-state index in [9.17, 15) is 9.59 Å². The van der Waals surface area contributed by atoms with Crippen LogP contribution in [-0.2, 0) is 0 Å². The Morgan fingerprint density at radius 1 is 1.62 bits per heavy atom. The zero-order valence-electron chi connectivity index (χ0n) is 9.13. The molecule has 0 aliphatic rings. The minimum Gasteiger partial charge on any atom is -0.367 e. The molecule has 0 aromatic carbocycles. The van der Waals surface area contributed by atoms with Gasteiger partial charge in [0.1, 0.15) is 5.56 Å². The van der Waals surface area contributed by atoms with Gasteiger partial charge in [0.05, 0.1) is 0 Å². The summed E-state index contributed by atoms with van der Waals surface area (Å²) in [4.78, 5) is 25.7. The van der Waals surface area contributed by atoms with Gasteiger partial charge in [-0.25, -0.2) is 0 Å². The predicted molar refractivity (Wildman–Crippen MR) is 67.0 cm³/mol. The fourth-order valence-corrected chi connectivity index (χ4v) is 2.03. The Labute approximate surface area is 103 Å². The van der Waals surface area contributed by atoms with Gasteiger partial charge >= 0.3 is 0 Å². The molecule has 1 aromatic rings. The second-order valence-corrected chi connectivity index (χ2v) is 4.51. The highest BCUT2D eigenvalue weighted by molar-refractivity contribution is 9.09. The molecule has 0 radical (unpaired) electrons. The minimum atomic E-state index is -0.316. The monoisotopic (exact) mass is 286 g/mol. The number of H-pyrrole nitrogens is 1. The quantitative estimate of drug-likeness (QED) is 0.807. The Morgan fingerprint density at radius 3 is 3.00 bits per heavy atom. The van der Waals surface area contributed by atoms with Crippen LogP contribution in [0.3, 0.4) is 0 Å². The third kappa shape index (κ3) is 3.81. The van der Waals surface area contributed by atoms with Crippen LogP contribution in [0.15, 0.2) is 23.3 Å². The molecular formula is C11H15BrN2O2. The first-order chi connectivity index (χ1) is 7.65. The number of aromatic nitrogens is 1. The summed E-state index contributed by atoms with van der Waals surface area (Å²) in [5.74, 6) is 0.0781. The van der Waals surface area contributed by atoms with Gasteiger partial charge in [-0.2, -0.15) is 0 Å². The molecule has 16 heavy (non-hydrogen) atoms. The molecule has 1 atom stereocenters. The first-order valence-corrected chi connectivity index (χ1v) is 6.28. The third-order valence-electron chi connectivity index (χ3n) is 2.28. The van der Waals surface area contributed by atoms with E-state index in [1.54, 1.807) is 0 Å². The van der Waals surface area contributed by atoms with Gasteiger partial charge in [-0.3, -0.25) is 9.59 Å². The summed E-state index contributed by atoms with van der Waals surface area (Å²) in [5, 5.41) is 3.66. The molecule has 0 saturated carbocycles. The fourth-order valence-electron chi connectivity index (χ4n) is 1.24. The van der Waals surface area contributed by atoms with Gasteiger partial charge in [0.2, 0.25) is 0 Å². The number of hydrogen-bond donors (Lipinski definition) is 2. The molecule has 1 aromatic heterocycles. The third-order valence-corrected chi connectivity index (χ3v) is 2.74. The number of pyridine rings is 1. The van der Waals surface area contributed by atoms with Gasteiger partial charge in [0, 0.05) is 30.3 Å². The number of halogens is 1. The topological polar surface area (TPSA) is 62.0 Å². The summed E-state index contributed by atoms with van der Waals surface area (Å²) in [7, 11) is 0. The molecule has 0 aliphatic carbocycles. The van der Waals surface area contributed by atoms with E-state index in [1.807, 2.05) is 0 Å². The Kier molecular flexibility index (Phi) is 5.25. The van der Waals surface area contributed by atoms with Crippen LogP contribution >= 0.6 is 15.9 Å². The molecule has 0 spiro atoms. The molecule has 0 aliphatic heterocycles. The van der Waals surface area contributed by atoms with Gasteiger partial charge in [0.25, 0.3) is 5.91 Å². The molecule has 5 heteroatoms. The van der Waals surface area contributed by atoms with E-state index in [0.29, 0.717) is 12.5 Å². The van der Waals surface area contributed by atoms with Crippen LogP contribution in [0, 0.1) is 5.92 Å². The lowest BCUT2D eigenvalue weighted by atomic mass is 10.1. The number of amides is 1. The molecule has 0 saturated heterocycles. The van der Waals surface area contributed by atoms with Gasteiger partial charge in [-0.15, -0.1) is 0 Å². The van der Waals surface area contributed by atoms with Crippen LogP contribution in [0.4, 0.5) is 0 Å². The summed E-state index contributed by atoms with van der Waals surface area (Å²) in [6.07, 6.45) is 3.92. The molecular weight excluding hydrogens is 272 g/mol. The maximum absolute atomic E-state index is 11.6. The Hall–Kier alpha value is -1.10. The van der Waals surface area contributed by atoms with Crippen molar-refractivity contribution in [3.05, 3.63) is 34.2 Å². The van der Waals surface area contributed by atoms with Crippen LogP contribution < -0.4 is 10.7 Å². The van der Waals surface area contributed by atoms with Crippen LogP contribution in [0.1, 0.15) is 23.7 Å². The van der Waals surface area contributed by atoms with Crippen molar-refractivity contribution in [2.24, 2.45) is 5.92 Å². The average Bonchev–Trinajstić information content (AvgIpc) is 2.27. The smallest absolute Gasteiger partial charge is 0.256 e. The van der Waals surface area contributed by atoms with Crippen LogP contribution in [0.2, 0.25) is 0 Å². The van der Waals surface area contributed by atoms with Gasteiger partial charge in [-0.1, -0.05) is 22.9 Å². The summed E-state index contributed by atoms with van der Waals surface area (Å²) >= 11 is 3.35. The highest BCUT2D eigenvalue weighted by Gasteiger charge is 2.10. The maximum atomic E-state index is 11.6. The first kappa shape index (κ1) is 13.0. The molecule has 4 nitrogen and oxygen atoms in total. The minimum absolute atomic E-state index is 0.161. The van der Waals surface area contributed by atoms with Gasteiger partial charge < -0.3 is 10.3 Å². The zero-order chi connectivity index (χ0) is 12.0. The Balaban J connectivity index is 2.54. The highest BCUT2D eigenvalue weighted by atomic mass is 79.9. The number of nitrogens with one attached hydrogen (secondary N) is 2.